The van der Waals surface area contributed by atoms with Gasteiger partial charge >= 0.3 is 0 Å². The summed E-state index contributed by atoms with van der Waals surface area (Å²) in [5.74, 6) is 0.992. The Labute approximate surface area is 117 Å². The number of hydrogen-bond acceptors (Lipinski definition) is 3. The molecular weight excluding hydrogens is 236 g/mol. The first-order chi connectivity index (χ1) is 8.84. The highest BCUT2D eigenvalue weighted by atomic mass is 16.5. The highest BCUT2D eigenvalue weighted by Gasteiger charge is 2.17. The lowest BCUT2D eigenvalue weighted by Gasteiger charge is -2.28. The van der Waals surface area contributed by atoms with E-state index in [0.29, 0.717) is 13.2 Å². The van der Waals surface area contributed by atoms with Gasteiger partial charge in [0.1, 0.15) is 12.4 Å². The van der Waals surface area contributed by atoms with Crippen molar-refractivity contribution >= 4 is 0 Å². The Morgan fingerprint density at radius 3 is 2.58 bits per heavy atom. The number of nitrogens with zero attached hydrogens (tertiary/aromatic N) is 1. The summed E-state index contributed by atoms with van der Waals surface area (Å²) in [5.41, 5.74) is 8.34. The Balaban J connectivity index is 2.40. The molecule has 0 heterocycles. The summed E-state index contributed by atoms with van der Waals surface area (Å²) in [6.45, 7) is 11.9. The highest BCUT2D eigenvalue weighted by molar-refractivity contribution is 5.35. The van der Waals surface area contributed by atoms with Crippen LogP contribution in [0.25, 0.3) is 0 Å². The SMILES string of the molecule is Cc1ccc(C)c(OCCN(C)CC(C)(C)CN)c1. The summed E-state index contributed by atoms with van der Waals surface area (Å²) < 4.78 is 5.86. The Morgan fingerprint density at radius 1 is 1.26 bits per heavy atom. The molecule has 0 radical (unpaired) electrons. The van der Waals surface area contributed by atoms with Gasteiger partial charge in [0.2, 0.25) is 0 Å². The third-order valence-electron chi connectivity index (χ3n) is 3.32. The average Bonchev–Trinajstić information content (AvgIpc) is 2.33. The second-order valence-corrected chi connectivity index (χ2v) is 6.22. The maximum absolute atomic E-state index is 5.86. The van der Waals surface area contributed by atoms with Crippen molar-refractivity contribution in [3.8, 4) is 5.75 Å². The van der Waals surface area contributed by atoms with Crippen molar-refractivity contribution in [2.75, 3.05) is 33.3 Å². The lowest BCUT2D eigenvalue weighted by atomic mass is 9.93. The van der Waals surface area contributed by atoms with E-state index in [-0.39, 0.29) is 5.41 Å². The number of likely N-dealkylation sites (N-methyl/N-ethyl adjacent to an activating group) is 1. The predicted molar refractivity (Wildman–Crippen MR) is 81.7 cm³/mol. The molecule has 0 fully saturated rings. The van der Waals surface area contributed by atoms with Crippen molar-refractivity contribution in [1.29, 1.82) is 0 Å². The van der Waals surface area contributed by atoms with Crippen LogP contribution in [0.5, 0.6) is 5.75 Å². The zero-order valence-electron chi connectivity index (χ0n) is 13.0. The zero-order chi connectivity index (χ0) is 14.5. The van der Waals surface area contributed by atoms with Gasteiger partial charge < -0.3 is 15.4 Å². The number of benzene rings is 1. The summed E-state index contributed by atoms with van der Waals surface area (Å²) in [5, 5.41) is 0. The Morgan fingerprint density at radius 2 is 1.95 bits per heavy atom. The van der Waals surface area contributed by atoms with E-state index >= 15 is 0 Å². The molecule has 19 heavy (non-hydrogen) atoms. The minimum atomic E-state index is 0.161. The van der Waals surface area contributed by atoms with Gasteiger partial charge in [0, 0.05) is 13.1 Å². The van der Waals surface area contributed by atoms with Crippen molar-refractivity contribution in [1.82, 2.24) is 4.90 Å². The summed E-state index contributed by atoms with van der Waals surface area (Å²) in [6.07, 6.45) is 0. The molecule has 0 spiro atoms. The first-order valence-electron chi connectivity index (χ1n) is 6.93. The highest BCUT2D eigenvalue weighted by Crippen LogP contribution is 2.19. The van der Waals surface area contributed by atoms with Gasteiger partial charge in [0.15, 0.2) is 0 Å². The number of hydrogen-bond donors (Lipinski definition) is 1. The lowest BCUT2D eigenvalue weighted by molar-refractivity contribution is 0.181. The van der Waals surface area contributed by atoms with E-state index in [4.69, 9.17) is 10.5 Å². The molecule has 0 saturated carbocycles. The smallest absolute Gasteiger partial charge is 0.122 e. The molecule has 3 heteroatoms. The normalized spacial score (nSPS) is 11.9. The van der Waals surface area contributed by atoms with Gasteiger partial charge in [-0.1, -0.05) is 26.0 Å². The lowest BCUT2D eigenvalue weighted by Crippen LogP contribution is -2.38. The minimum Gasteiger partial charge on any atom is -0.492 e. The average molecular weight is 264 g/mol. The van der Waals surface area contributed by atoms with Crippen LogP contribution in [0, 0.1) is 19.3 Å². The van der Waals surface area contributed by atoms with Crippen LogP contribution in [0.3, 0.4) is 0 Å². The summed E-state index contributed by atoms with van der Waals surface area (Å²) in [7, 11) is 2.11. The van der Waals surface area contributed by atoms with Gasteiger partial charge in [-0.15, -0.1) is 0 Å². The number of ether oxygens (including phenoxy) is 1. The van der Waals surface area contributed by atoms with Gasteiger partial charge in [-0.05, 0) is 50.0 Å². The topological polar surface area (TPSA) is 38.5 Å². The fourth-order valence-electron chi connectivity index (χ4n) is 2.05. The maximum Gasteiger partial charge on any atom is 0.122 e. The van der Waals surface area contributed by atoms with E-state index in [1.165, 1.54) is 11.1 Å². The van der Waals surface area contributed by atoms with Crippen LogP contribution < -0.4 is 10.5 Å². The number of aryl methyl sites for hydroxylation is 2. The molecule has 0 aliphatic rings. The third kappa shape index (κ3) is 5.62. The molecule has 0 amide bonds. The van der Waals surface area contributed by atoms with Crippen molar-refractivity contribution < 1.29 is 4.74 Å². The van der Waals surface area contributed by atoms with Crippen molar-refractivity contribution in [2.45, 2.75) is 27.7 Å². The molecule has 0 saturated heterocycles. The Bertz CT molecular complexity index is 402. The predicted octanol–water partition coefficient (Wildman–Crippen LogP) is 2.60. The van der Waals surface area contributed by atoms with Gasteiger partial charge in [-0.3, -0.25) is 0 Å². The van der Waals surface area contributed by atoms with Crippen molar-refractivity contribution in [3.05, 3.63) is 29.3 Å². The van der Waals surface area contributed by atoms with E-state index in [9.17, 15) is 0 Å². The third-order valence-corrected chi connectivity index (χ3v) is 3.32. The van der Waals surface area contributed by atoms with Crippen molar-refractivity contribution in [2.24, 2.45) is 11.1 Å². The Kier molecular flexibility index (Phi) is 5.83. The van der Waals surface area contributed by atoms with E-state index in [1.807, 2.05) is 0 Å². The molecule has 1 rings (SSSR count). The molecule has 0 aliphatic heterocycles. The molecule has 1 aromatic carbocycles. The van der Waals surface area contributed by atoms with Gasteiger partial charge in [0.25, 0.3) is 0 Å². The van der Waals surface area contributed by atoms with Crippen molar-refractivity contribution in [3.63, 3.8) is 0 Å². The monoisotopic (exact) mass is 264 g/mol. The van der Waals surface area contributed by atoms with Crippen LogP contribution in [0.15, 0.2) is 18.2 Å². The molecule has 1 aromatic rings. The molecule has 0 unspecified atom stereocenters. The standard InChI is InChI=1S/C16H28N2O/c1-13-6-7-14(2)15(10-13)19-9-8-18(5)12-16(3,4)11-17/h6-7,10H,8-9,11-12,17H2,1-5H3. The molecule has 0 bridgehead atoms. The van der Waals surface area contributed by atoms with E-state index < -0.39 is 0 Å². The van der Waals surface area contributed by atoms with E-state index in [0.717, 1.165) is 18.8 Å². The van der Waals surface area contributed by atoms with Crippen LogP contribution >= 0.6 is 0 Å². The molecule has 0 atom stereocenters. The molecule has 0 aliphatic carbocycles. The molecule has 3 nitrogen and oxygen atoms in total. The zero-order valence-corrected chi connectivity index (χ0v) is 13.0. The number of nitrogens with two attached hydrogens (primary N) is 1. The fraction of sp³-hybridized carbons (Fsp3) is 0.625. The first-order valence-corrected chi connectivity index (χ1v) is 6.93. The summed E-state index contributed by atoms with van der Waals surface area (Å²) in [4.78, 5) is 2.28. The molecule has 2 N–H and O–H groups in total. The van der Waals surface area contributed by atoms with E-state index in [1.54, 1.807) is 0 Å². The summed E-state index contributed by atoms with van der Waals surface area (Å²) in [6, 6.07) is 6.31. The minimum absolute atomic E-state index is 0.161. The first kappa shape index (κ1) is 16.0. The van der Waals surface area contributed by atoms with Gasteiger partial charge in [0.05, 0.1) is 0 Å². The number of rotatable bonds is 7. The second kappa shape index (κ2) is 6.92. The van der Waals surface area contributed by atoms with E-state index in [2.05, 4.69) is 57.8 Å². The van der Waals surface area contributed by atoms with Gasteiger partial charge in [-0.25, -0.2) is 0 Å². The summed E-state index contributed by atoms with van der Waals surface area (Å²) >= 11 is 0. The van der Waals surface area contributed by atoms with Crippen LogP contribution in [0.4, 0.5) is 0 Å². The largest absolute Gasteiger partial charge is 0.492 e. The van der Waals surface area contributed by atoms with Crippen LogP contribution in [0.2, 0.25) is 0 Å². The quantitative estimate of drug-likeness (QED) is 0.822. The maximum atomic E-state index is 5.86. The molecular formula is C16H28N2O. The molecule has 0 aromatic heterocycles. The fourth-order valence-corrected chi connectivity index (χ4v) is 2.05. The van der Waals surface area contributed by atoms with Crippen LogP contribution in [-0.4, -0.2) is 38.2 Å². The van der Waals surface area contributed by atoms with Crippen LogP contribution in [-0.2, 0) is 0 Å². The van der Waals surface area contributed by atoms with Gasteiger partial charge in [-0.2, -0.15) is 0 Å². The molecule has 108 valence electrons. The van der Waals surface area contributed by atoms with Crippen LogP contribution in [0.1, 0.15) is 25.0 Å². The second-order valence-electron chi connectivity index (χ2n) is 6.22. The Hall–Kier alpha value is -1.06.